The maximum atomic E-state index is 13.1. The maximum Gasteiger partial charge on any atom is 0.326 e. The van der Waals surface area contributed by atoms with E-state index in [9.17, 15) is 39.0 Å². The van der Waals surface area contributed by atoms with Gasteiger partial charge >= 0.3 is 11.9 Å². The van der Waals surface area contributed by atoms with Crippen molar-refractivity contribution in [2.24, 2.45) is 23.1 Å². The third-order valence-electron chi connectivity index (χ3n) is 6.30. The highest BCUT2D eigenvalue weighted by Crippen LogP contribution is 2.08. The fraction of sp³-hybridized carbons (Fsp3) is 0.769. The smallest absolute Gasteiger partial charge is 0.326 e. The van der Waals surface area contributed by atoms with Crippen LogP contribution in [0.25, 0.3) is 0 Å². The summed E-state index contributed by atoms with van der Waals surface area (Å²) >= 11 is 0. The molecule has 5 unspecified atom stereocenters. The van der Waals surface area contributed by atoms with Crippen LogP contribution in [0.3, 0.4) is 0 Å². The molecule has 0 aromatic heterocycles. The van der Waals surface area contributed by atoms with Gasteiger partial charge in [-0.1, -0.05) is 13.8 Å². The quantitative estimate of drug-likeness (QED) is 0.0542. The van der Waals surface area contributed by atoms with Crippen molar-refractivity contribution in [3.8, 4) is 0 Å². The number of carboxylic acid groups (broad SMARTS) is 2. The Kier molecular flexibility index (Phi) is 19.7. The zero-order valence-corrected chi connectivity index (χ0v) is 24.5. The van der Waals surface area contributed by atoms with Crippen molar-refractivity contribution in [2.45, 2.75) is 102 Å². The lowest BCUT2D eigenvalue weighted by Crippen LogP contribution is -2.59. The number of hydrogen-bond donors (Lipinski definition) is 10. The fourth-order valence-corrected chi connectivity index (χ4v) is 3.95. The second kappa shape index (κ2) is 21.4. The molecule has 0 saturated heterocycles. The first-order valence-electron chi connectivity index (χ1n) is 14.2. The first-order chi connectivity index (χ1) is 19.8. The second-order valence-corrected chi connectivity index (χ2v) is 10.5. The van der Waals surface area contributed by atoms with Crippen LogP contribution in [0.5, 0.6) is 0 Å². The van der Waals surface area contributed by atoms with Crippen LogP contribution >= 0.6 is 0 Å². The normalized spacial score (nSPS) is 14.6. The standard InChI is InChI=1S/C26H49N7O9/c1-15(2)13-16(29)22(37)30-17(7-3-5-11-27)24(39)33-20(14-34)25(40)31-18(8-4-6-12-28)23(38)32-19(26(41)42)9-10-21(35)36/h15-20,34H,3-14,27-29H2,1-2H3,(H,30,37)(H,31,40)(H,32,38)(H,33,39)(H,35,36)(H,41,42). The average molecular weight is 604 g/mol. The van der Waals surface area contributed by atoms with E-state index >= 15 is 0 Å². The number of aliphatic hydroxyl groups excluding tert-OH is 1. The Hall–Kier alpha value is -3.34. The Morgan fingerprint density at radius 2 is 1.07 bits per heavy atom. The number of aliphatic carboxylic acids is 2. The molecule has 0 aliphatic carbocycles. The van der Waals surface area contributed by atoms with Gasteiger partial charge in [0.05, 0.1) is 12.6 Å². The largest absolute Gasteiger partial charge is 0.481 e. The molecule has 0 spiro atoms. The molecule has 0 aliphatic heterocycles. The predicted molar refractivity (Wildman–Crippen MR) is 153 cm³/mol. The third kappa shape index (κ3) is 16.2. The van der Waals surface area contributed by atoms with Gasteiger partial charge in [0.15, 0.2) is 0 Å². The molecule has 0 saturated carbocycles. The van der Waals surface area contributed by atoms with Crippen LogP contribution in [0.4, 0.5) is 0 Å². The molecule has 13 N–H and O–H groups in total. The molecule has 0 fully saturated rings. The number of nitrogens with one attached hydrogen (secondary N) is 4. The molecule has 0 heterocycles. The Bertz CT molecular complexity index is 888. The first-order valence-corrected chi connectivity index (χ1v) is 14.2. The monoisotopic (exact) mass is 603 g/mol. The van der Waals surface area contributed by atoms with Crippen molar-refractivity contribution < 1.29 is 44.1 Å². The Morgan fingerprint density at radius 1 is 0.643 bits per heavy atom. The fourth-order valence-electron chi connectivity index (χ4n) is 3.95. The molecule has 5 atom stereocenters. The first kappa shape index (κ1) is 38.7. The van der Waals surface area contributed by atoms with Crippen LogP contribution in [-0.2, 0) is 28.8 Å². The lowest BCUT2D eigenvalue weighted by Gasteiger charge is -2.26. The lowest BCUT2D eigenvalue weighted by molar-refractivity contribution is -0.143. The summed E-state index contributed by atoms with van der Waals surface area (Å²) in [5.74, 6) is -5.68. The predicted octanol–water partition coefficient (Wildman–Crippen LogP) is -2.50. The number of carboxylic acids is 2. The van der Waals surface area contributed by atoms with E-state index in [4.69, 9.17) is 22.3 Å². The number of rotatable bonds is 23. The van der Waals surface area contributed by atoms with Crippen molar-refractivity contribution in [1.29, 1.82) is 0 Å². The molecule has 0 aliphatic rings. The molecule has 0 bridgehead atoms. The van der Waals surface area contributed by atoms with Crippen LogP contribution < -0.4 is 38.5 Å². The molecule has 242 valence electrons. The topological polar surface area (TPSA) is 289 Å². The summed E-state index contributed by atoms with van der Waals surface area (Å²) in [6.07, 6.45) is 1.67. The summed E-state index contributed by atoms with van der Waals surface area (Å²) in [5.41, 5.74) is 17.0. The van der Waals surface area contributed by atoms with Crippen LogP contribution in [-0.4, -0.2) is 101 Å². The number of amides is 4. The van der Waals surface area contributed by atoms with Crippen molar-refractivity contribution in [2.75, 3.05) is 19.7 Å². The van der Waals surface area contributed by atoms with E-state index in [1.54, 1.807) is 0 Å². The molecule has 16 nitrogen and oxygen atoms in total. The number of unbranched alkanes of at least 4 members (excludes halogenated alkanes) is 2. The summed E-state index contributed by atoms with van der Waals surface area (Å²) in [5, 5.41) is 37.7. The highest BCUT2D eigenvalue weighted by atomic mass is 16.4. The minimum Gasteiger partial charge on any atom is -0.481 e. The SMILES string of the molecule is CC(C)CC(N)C(=O)NC(CCCCN)C(=O)NC(CO)C(=O)NC(CCCCN)C(=O)NC(CCC(=O)O)C(=O)O. The molecule has 0 rings (SSSR count). The molecule has 0 aromatic rings. The Morgan fingerprint density at radius 3 is 1.48 bits per heavy atom. The van der Waals surface area contributed by atoms with Gasteiger partial charge in [-0.15, -0.1) is 0 Å². The summed E-state index contributed by atoms with van der Waals surface area (Å²) in [4.78, 5) is 73.9. The van der Waals surface area contributed by atoms with Gasteiger partial charge in [-0.2, -0.15) is 0 Å². The van der Waals surface area contributed by atoms with Crippen molar-refractivity contribution in [3.05, 3.63) is 0 Å². The van der Waals surface area contributed by atoms with Gasteiger partial charge in [-0.25, -0.2) is 4.79 Å². The van der Waals surface area contributed by atoms with Crippen molar-refractivity contribution in [3.63, 3.8) is 0 Å². The molecule has 16 heteroatoms. The number of aliphatic hydroxyl groups is 1. The van der Waals surface area contributed by atoms with Crippen LogP contribution in [0, 0.1) is 5.92 Å². The van der Waals surface area contributed by atoms with Crippen LogP contribution in [0.2, 0.25) is 0 Å². The molecular weight excluding hydrogens is 554 g/mol. The molecular formula is C26H49N7O9. The average Bonchev–Trinajstić information content (AvgIpc) is 2.91. The Labute approximate surface area is 245 Å². The van der Waals surface area contributed by atoms with Crippen molar-refractivity contribution >= 4 is 35.6 Å². The van der Waals surface area contributed by atoms with E-state index < -0.39 is 78.8 Å². The Balaban J connectivity index is 5.63. The van der Waals surface area contributed by atoms with Gasteiger partial charge in [0, 0.05) is 6.42 Å². The minimum atomic E-state index is -1.52. The van der Waals surface area contributed by atoms with Crippen molar-refractivity contribution in [1.82, 2.24) is 21.3 Å². The highest BCUT2D eigenvalue weighted by Gasteiger charge is 2.31. The molecule has 0 aromatic carbocycles. The van der Waals surface area contributed by atoms with Gasteiger partial charge in [-0.3, -0.25) is 24.0 Å². The van der Waals surface area contributed by atoms with Crippen LogP contribution in [0.15, 0.2) is 0 Å². The number of carbonyl (C=O) groups excluding carboxylic acids is 4. The zero-order chi connectivity index (χ0) is 32.2. The zero-order valence-electron chi connectivity index (χ0n) is 24.5. The highest BCUT2D eigenvalue weighted by molar-refractivity contribution is 5.95. The van der Waals surface area contributed by atoms with Gasteiger partial charge in [0.25, 0.3) is 0 Å². The van der Waals surface area contributed by atoms with E-state index in [0.717, 1.165) is 0 Å². The van der Waals surface area contributed by atoms with Crippen LogP contribution in [0.1, 0.15) is 71.6 Å². The van der Waals surface area contributed by atoms with E-state index in [1.807, 2.05) is 13.8 Å². The molecule has 0 radical (unpaired) electrons. The van der Waals surface area contributed by atoms with Gasteiger partial charge in [-0.05, 0) is 70.4 Å². The van der Waals surface area contributed by atoms with Gasteiger partial charge in [0.2, 0.25) is 23.6 Å². The minimum absolute atomic E-state index is 0.0532. The van der Waals surface area contributed by atoms with E-state index in [0.29, 0.717) is 45.2 Å². The van der Waals surface area contributed by atoms with Gasteiger partial charge in [0.1, 0.15) is 24.2 Å². The lowest BCUT2D eigenvalue weighted by atomic mass is 10.0. The maximum absolute atomic E-state index is 13.1. The summed E-state index contributed by atoms with van der Waals surface area (Å²) < 4.78 is 0. The second-order valence-electron chi connectivity index (χ2n) is 10.5. The molecule has 4 amide bonds. The van der Waals surface area contributed by atoms with E-state index in [1.165, 1.54) is 0 Å². The number of carbonyl (C=O) groups is 6. The summed E-state index contributed by atoms with van der Waals surface area (Å²) in [6.45, 7) is 3.60. The summed E-state index contributed by atoms with van der Waals surface area (Å²) in [7, 11) is 0. The van der Waals surface area contributed by atoms with Gasteiger partial charge < -0.3 is 53.8 Å². The third-order valence-corrected chi connectivity index (χ3v) is 6.30. The van der Waals surface area contributed by atoms with E-state index in [2.05, 4.69) is 21.3 Å². The molecule has 42 heavy (non-hydrogen) atoms. The van der Waals surface area contributed by atoms with E-state index in [-0.39, 0.29) is 25.2 Å². The summed E-state index contributed by atoms with van der Waals surface area (Å²) in [6, 6.07) is -6.22. The number of nitrogens with two attached hydrogens (primary N) is 3. The number of hydrogen-bond acceptors (Lipinski definition) is 10.